The molecule has 1 aliphatic rings. The first kappa shape index (κ1) is 41.9. The monoisotopic (exact) mass is 934 g/mol. The molecule has 0 saturated carbocycles. The standard InChI is InChI=1S/C64H49BN3O2S/c1-63(2,3)37-21-24-39(25-22-37)66-52-34-49-48-32-42(67(40-15-9-7-10-16-40)41-17-11-8-12-18-41)26-30-54(48)69-56(49)35-46(52)44-27-28-45-47-33-50-43-19-13-14-20-57(43)71-58(50)36-53(47)68-60(45)59(44)65-62-61(68)51-31-38(64(4,5)6)23-29-55(51)70-62/h7-36,66H,1-6H3. The summed E-state index contributed by atoms with van der Waals surface area (Å²) >= 11 is 1.86. The fraction of sp³-hybridized carbons (Fsp3) is 0.125. The zero-order valence-corrected chi connectivity index (χ0v) is 41.3. The number of hydrogen-bond acceptors (Lipinski definition) is 5. The number of para-hydroxylation sites is 2. The van der Waals surface area contributed by atoms with Crippen LogP contribution in [0.4, 0.5) is 28.4 Å². The van der Waals surface area contributed by atoms with Gasteiger partial charge in [-0.05, 0) is 130 Å². The number of anilines is 5. The van der Waals surface area contributed by atoms with Crippen molar-refractivity contribution in [1.82, 2.24) is 4.57 Å². The second-order valence-electron chi connectivity index (χ2n) is 21.3. The molecule has 71 heavy (non-hydrogen) atoms. The molecule has 0 saturated heterocycles. The molecule has 14 rings (SSSR count). The van der Waals surface area contributed by atoms with Crippen LogP contribution in [-0.4, -0.2) is 11.8 Å². The normalized spacial score (nSPS) is 12.8. The van der Waals surface area contributed by atoms with Crippen LogP contribution in [0.2, 0.25) is 0 Å². The Morgan fingerprint density at radius 2 is 1.15 bits per heavy atom. The van der Waals surface area contributed by atoms with Gasteiger partial charge in [-0.1, -0.05) is 126 Å². The van der Waals surface area contributed by atoms with Crippen LogP contribution in [0.15, 0.2) is 191 Å². The van der Waals surface area contributed by atoms with Crippen molar-refractivity contribution in [3.05, 3.63) is 193 Å². The molecule has 4 aromatic heterocycles. The van der Waals surface area contributed by atoms with E-state index in [1.165, 1.54) is 53.1 Å². The van der Waals surface area contributed by atoms with Gasteiger partial charge in [0.1, 0.15) is 16.7 Å². The maximum absolute atomic E-state index is 6.95. The van der Waals surface area contributed by atoms with E-state index in [9.17, 15) is 0 Å². The van der Waals surface area contributed by atoms with Crippen LogP contribution in [0.25, 0.3) is 91.7 Å². The number of benzene rings is 9. The van der Waals surface area contributed by atoms with Crippen LogP contribution in [0.5, 0.6) is 0 Å². The topological polar surface area (TPSA) is 46.5 Å². The molecule has 9 aromatic carbocycles. The van der Waals surface area contributed by atoms with Gasteiger partial charge >= 0.3 is 0 Å². The molecule has 0 aliphatic carbocycles. The van der Waals surface area contributed by atoms with E-state index in [4.69, 9.17) is 8.83 Å². The fourth-order valence-electron chi connectivity index (χ4n) is 11.1. The molecule has 0 amide bonds. The molecule has 0 spiro atoms. The van der Waals surface area contributed by atoms with Crippen LogP contribution >= 0.6 is 11.3 Å². The first-order valence-electron chi connectivity index (χ1n) is 24.6. The summed E-state index contributed by atoms with van der Waals surface area (Å²) in [6, 6.07) is 66.1. The van der Waals surface area contributed by atoms with Gasteiger partial charge in [0.05, 0.1) is 16.9 Å². The third-order valence-electron chi connectivity index (χ3n) is 14.7. The van der Waals surface area contributed by atoms with Crippen molar-refractivity contribution in [2.75, 3.05) is 10.2 Å². The average Bonchev–Trinajstić information content (AvgIpc) is 4.12. The predicted octanol–water partition coefficient (Wildman–Crippen LogP) is 17.2. The number of rotatable bonds is 6. The van der Waals surface area contributed by atoms with Crippen LogP contribution in [0.3, 0.4) is 0 Å². The van der Waals surface area contributed by atoms with Crippen molar-refractivity contribution >= 4 is 133 Å². The van der Waals surface area contributed by atoms with Gasteiger partial charge in [-0.25, -0.2) is 0 Å². The number of hydrogen-bond donors (Lipinski definition) is 1. The largest absolute Gasteiger partial charge is 0.469 e. The average molecular weight is 935 g/mol. The molecule has 0 atom stereocenters. The molecule has 0 unspecified atom stereocenters. The summed E-state index contributed by atoms with van der Waals surface area (Å²) in [5, 5.41) is 12.2. The van der Waals surface area contributed by atoms with Crippen molar-refractivity contribution in [2.45, 2.75) is 52.4 Å². The van der Waals surface area contributed by atoms with Crippen molar-refractivity contribution in [3.63, 3.8) is 0 Å². The maximum Gasteiger partial charge on any atom is 0.247 e. The number of nitrogens with one attached hydrogen (secondary N) is 1. The molecule has 7 heteroatoms. The quantitative estimate of drug-likeness (QED) is 0.169. The number of nitrogens with zero attached hydrogens (tertiary/aromatic N) is 2. The van der Waals surface area contributed by atoms with Crippen molar-refractivity contribution in [2.24, 2.45) is 0 Å². The minimum atomic E-state index is -0.0321. The smallest absolute Gasteiger partial charge is 0.247 e. The Morgan fingerprint density at radius 1 is 0.479 bits per heavy atom. The first-order chi connectivity index (χ1) is 34.4. The number of furan rings is 2. The Bertz CT molecular complexity index is 4260. The van der Waals surface area contributed by atoms with Crippen molar-refractivity contribution in [1.29, 1.82) is 0 Å². The molecule has 13 aromatic rings. The molecule has 0 bridgehead atoms. The highest BCUT2D eigenvalue weighted by atomic mass is 32.1. The van der Waals surface area contributed by atoms with Gasteiger partial charge in [-0.15, -0.1) is 11.3 Å². The second-order valence-corrected chi connectivity index (χ2v) is 22.4. The Labute approximate surface area is 416 Å². The summed E-state index contributed by atoms with van der Waals surface area (Å²) in [5.41, 5.74) is 17.9. The van der Waals surface area contributed by atoms with Gasteiger partial charge in [-0.2, -0.15) is 0 Å². The van der Waals surface area contributed by atoms with Gasteiger partial charge in [0.15, 0.2) is 0 Å². The lowest BCUT2D eigenvalue weighted by Crippen LogP contribution is -2.36. The lowest BCUT2D eigenvalue weighted by Gasteiger charge is -2.25. The lowest BCUT2D eigenvalue weighted by atomic mass is 9.62. The first-order valence-corrected chi connectivity index (χ1v) is 25.4. The highest BCUT2D eigenvalue weighted by Gasteiger charge is 2.32. The van der Waals surface area contributed by atoms with Crippen LogP contribution in [-0.2, 0) is 10.8 Å². The Hall–Kier alpha value is -8.00. The number of thiophene rings is 1. The third-order valence-corrected chi connectivity index (χ3v) is 15.9. The van der Waals surface area contributed by atoms with E-state index >= 15 is 0 Å². The molecule has 5 heterocycles. The van der Waals surface area contributed by atoms with E-state index in [1.54, 1.807) is 0 Å². The van der Waals surface area contributed by atoms with Gasteiger partial charge in [0, 0.05) is 86.6 Å². The summed E-state index contributed by atoms with van der Waals surface area (Å²) in [7, 11) is 2.29. The summed E-state index contributed by atoms with van der Waals surface area (Å²) < 4.78 is 18.9. The minimum absolute atomic E-state index is 0.0296. The lowest BCUT2D eigenvalue weighted by molar-refractivity contribution is 0.590. The van der Waals surface area contributed by atoms with Crippen LogP contribution in [0, 0.1) is 0 Å². The van der Waals surface area contributed by atoms with Gasteiger partial charge in [0.2, 0.25) is 7.28 Å². The number of fused-ring (bicyclic) bond motifs is 13. The van der Waals surface area contributed by atoms with Crippen molar-refractivity contribution in [3.8, 4) is 16.8 Å². The van der Waals surface area contributed by atoms with Crippen molar-refractivity contribution < 1.29 is 8.83 Å². The summed E-state index contributed by atoms with van der Waals surface area (Å²) in [5.74, 6) is 0. The summed E-state index contributed by atoms with van der Waals surface area (Å²) in [6.45, 7) is 13.6. The molecular weight excluding hydrogens is 886 g/mol. The summed E-state index contributed by atoms with van der Waals surface area (Å²) in [4.78, 5) is 2.31. The molecule has 0 fully saturated rings. The van der Waals surface area contributed by atoms with E-state index < -0.39 is 0 Å². The Balaban J connectivity index is 1.02. The van der Waals surface area contributed by atoms with Crippen LogP contribution < -0.4 is 21.3 Å². The van der Waals surface area contributed by atoms with Gasteiger partial charge < -0.3 is 23.6 Å². The molecule has 1 N–H and O–H groups in total. The highest BCUT2D eigenvalue weighted by Crippen LogP contribution is 2.46. The van der Waals surface area contributed by atoms with Gasteiger partial charge in [0.25, 0.3) is 0 Å². The molecule has 5 nitrogen and oxygen atoms in total. The predicted molar refractivity (Wildman–Crippen MR) is 303 cm³/mol. The fourth-order valence-corrected chi connectivity index (χ4v) is 12.2. The minimum Gasteiger partial charge on any atom is -0.469 e. The zero-order valence-electron chi connectivity index (χ0n) is 40.5. The maximum atomic E-state index is 6.95. The zero-order chi connectivity index (χ0) is 47.9. The highest BCUT2D eigenvalue weighted by molar-refractivity contribution is 7.25. The van der Waals surface area contributed by atoms with E-state index in [0.717, 1.165) is 89.3 Å². The summed E-state index contributed by atoms with van der Waals surface area (Å²) in [6.07, 6.45) is 0. The van der Waals surface area contributed by atoms with E-state index in [2.05, 4.69) is 246 Å². The number of aromatic nitrogens is 1. The van der Waals surface area contributed by atoms with E-state index in [1.807, 2.05) is 11.3 Å². The SMILES string of the molecule is CC(C)(C)c1ccc(Nc2cc3c(cc2-c2ccc4c5cc6c(cc5n5c4c2[B]c2oc4ccc(C(C)(C)C)cc4c2-5)sc2ccccc26)oc2ccc(N(c4ccccc4)c4ccccc4)cc23)cc1. The molecule has 341 valence electrons. The van der Waals surface area contributed by atoms with Crippen LogP contribution in [0.1, 0.15) is 52.7 Å². The van der Waals surface area contributed by atoms with Gasteiger partial charge in [-0.3, -0.25) is 0 Å². The van der Waals surface area contributed by atoms with E-state index in [0.29, 0.717) is 0 Å². The Kier molecular flexibility index (Phi) is 9.01. The molecule has 1 radical (unpaired) electrons. The molecular formula is C64H49BN3O2S. The second kappa shape index (κ2) is 15.3. The molecule has 1 aliphatic heterocycles. The Morgan fingerprint density at radius 3 is 1.90 bits per heavy atom. The van der Waals surface area contributed by atoms with E-state index in [-0.39, 0.29) is 10.8 Å². The third kappa shape index (κ3) is 6.59.